The minimum Gasteiger partial charge on any atom is -0.338 e. The van der Waals surface area contributed by atoms with Gasteiger partial charge in [0.15, 0.2) is 9.84 Å². The fraction of sp³-hybridized carbons (Fsp3) is 0.350. The van der Waals surface area contributed by atoms with Crippen LogP contribution in [0.2, 0.25) is 0 Å². The Balaban J connectivity index is 1.66. The number of rotatable bonds is 7. The number of aryl methyl sites for hydroxylation is 1. The molecule has 1 aliphatic rings. The average molecular weight is 437 g/mol. The van der Waals surface area contributed by atoms with Crippen LogP contribution in [0.15, 0.2) is 64.4 Å². The third-order valence-electron chi connectivity index (χ3n) is 4.92. The number of nitrogens with one attached hydrogen (secondary N) is 1. The molecule has 1 unspecified atom stereocenters. The summed E-state index contributed by atoms with van der Waals surface area (Å²) in [7, 11) is -7.35. The fourth-order valence-electron chi connectivity index (χ4n) is 3.44. The summed E-state index contributed by atoms with van der Waals surface area (Å²) in [5, 5.41) is 0. The summed E-state index contributed by atoms with van der Waals surface area (Å²) in [6, 6.07) is 14.1. The summed E-state index contributed by atoms with van der Waals surface area (Å²) in [5.74, 6) is -0.597. The molecular weight excluding hydrogens is 412 g/mol. The van der Waals surface area contributed by atoms with E-state index in [-0.39, 0.29) is 15.5 Å². The first-order chi connectivity index (χ1) is 13.7. The molecule has 1 aliphatic heterocycles. The first-order valence-electron chi connectivity index (χ1n) is 9.33. The van der Waals surface area contributed by atoms with Crippen LogP contribution in [0.25, 0.3) is 0 Å². The lowest BCUT2D eigenvalue weighted by Gasteiger charge is -2.25. The zero-order valence-electron chi connectivity index (χ0n) is 16.1. The summed E-state index contributed by atoms with van der Waals surface area (Å²) in [5.41, 5.74) is 0.796. The average Bonchev–Trinajstić information content (AvgIpc) is 3.14. The Morgan fingerprint density at radius 3 is 2.41 bits per heavy atom. The van der Waals surface area contributed by atoms with Crippen molar-refractivity contribution in [3.05, 3.63) is 60.2 Å². The second-order valence-corrected chi connectivity index (χ2v) is 10.9. The summed E-state index contributed by atoms with van der Waals surface area (Å²) >= 11 is 0. The smallest absolute Gasteiger partial charge is 0.241 e. The molecule has 0 aromatic heterocycles. The standard InChI is InChI=1S/C20H24N2O5S2/c1-16-7-5-11-19(13-16)29(26,27)21-14-20(23)22-12-6-8-17(22)15-28(24,25)18-9-3-2-4-10-18/h2-5,7,9-11,13,17,21H,6,8,12,14-15H2,1H3. The van der Waals surface area contributed by atoms with Crippen molar-refractivity contribution in [3.8, 4) is 0 Å². The Morgan fingerprint density at radius 2 is 1.72 bits per heavy atom. The molecule has 0 spiro atoms. The highest BCUT2D eigenvalue weighted by molar-refractivity contribution is 7.91. The molecule has 0 bridgehead atoms. The molecule has 1 fully saturated rings. The van der Waals surface area contributed by atoms with E-state index >= 15 is 0 Å². The molecule has 0 radical (unpaired) electrons. The van der Waals surface area contributed by atoms with E-state index in [0.717, 1.165) is 5.56 Å². The lowest BCUT2D eigenvalue weighted by atomic mass is 10.2. The van der Waals surface area contributed by atoms with Gasteiger partial charge in [-0.05, 0) is 49.6 Å². The van der Waals surface area contributed by atoms with Gasteiger partial charge < -0.3 is 4.90 Å². The lowest BCUT2D eigenvalue weighted by molar-refractivity contribution is -0.130. The number of hydrogen-bond acceptors (Lipinski definition) is 5. The number of amides is 1. The van der Waals surface area contributed by atoms with Crippen molar-refractivity contribution < 1.29 is 21.6 Å². The lowest BCUT2D eigenvalue weighted by Crippen LogP contribution is -2.44. The SMILES string of the molecule is Cc1cccc(S(=O)(=O)NCC(=O)N2CCCC2CS(=O)(=O)c2ccccc2)c1. The number of carbonyl (C=O) groups excluding carboxylic acids is 1. The number of nitrogens with zero attached hydrogens (tertiary/aromatic N) is 1. The first kappa shape index (κ1) is 21.5. The highest BCUT2D eigenvalue weighted by Gasteiger charge is 2.33. The van der Waals surface area contributed by atoms with Crippen molar-refractivity contribution in [2.45, 2.75) is 35.6 Å². The van der Waals surface area contributed by atoms with Crippen molar-refractivity contribution in [3.63, 3.8) is 0 Å². The topological polar surface area (TPSA) is 101 Å². The van der Waals surface area contributed by atoms with Gasteiger partial charge in [-0.15, -0.1) is 0 Å². The van der Waals surface area contributed by atoms with E-state index in [1.165, 1.54) is 29.2 Å². The van der Waals surface area contributed by atoms with E-state index in [9.17, 15) is 21.6 Å². The van der Waals surface area contributed by atoms with Crippen LogP contribution in [0.4, 0.5) is 0 Å². The van der Waals surface area contributed by atoms with Crippen LogP contribution in [0.3, 0.4) is 0 Å². The van der Waals surface area contributed by atoms with Crippen molar-refractivity contribution in [1.29, 1.82) is 0 Å². The molecule has 1 N–H and O–H groups in total. The monoisotopic (exact) mass is 436 g/mol. The van der Waals surface area contributed by atoms with Crippen molar-refractivity contribution in [1.82, 2.24) is 9.62 Å². The second-order valence-electron chi connectivity index (χ2n) is 7.12. The number of benzene rings is 2. The maximum atomic E-state index is 12.6. The van der Waals surface area contributed by atoms with Gasteiger partial charge in [0.1, 0.15) is 0 Å². The van der Waals surface area contributed by atoms with Gasteiger partial charge in [0.2, 0.25) is 15.9 Å². The van der Waals surface area contributed by atoms with Crippen LogP contribution in [0.1, 0.15) is 18.4 Å². The van der Waals surface area contributed by atoms with E-state index in [0.29, 0.717) is 19.4 Å². The predicted molar refractivity (Wildman–Crippen MR) is 110 cm³/mol. The minimum absolute atomic E-state index is 0.0925. The van der Waals surface area contributed by atoms with Crippen molar-refractivity contribution in [2.75, 3.05) is 18.8 Å². The minimum atomic E-state index is -3.82. The van der Waals surface area contributed by atoms with E-state index < -0.39 is 38.4 Å². The highest BCUT2D eigenvalue weighted by atomic mass is 32.2. The molecule has 29 heavy (non-hydrogen) atoms. The molecule has 1 atom stereocenters. The molecule has 1 saturated heterocycles. The number of sulfone groups is 1. The van der Waals surface area contributed by atoms with E-state index in [2.05, 4.69) is 4.72 Å². The van der Waals surface area contributed by atoms with Crippen LogP contribution in [0, 0.1) is 6.92 Å². The second kappa shape index (κ2) is 8.64. The number of hydrogen-bond donors (Lipinski definition) is 1. The van der Waals surface area contributed by atoms with Gasteiger partial charge in [-0.2, -0.15) is 0 Å². The Morgan fingerprint density at radius 1 is 1.03 bits per heavy atom. The number of carbonyl (C=O) groups is 1. The van der Waals surface area contributed by atoms with E-state index in [1.54, 1.807) is 37.3 Å². The van der Waals surface area contributed by atoms with Crippen LogP contribution >= 0.6 is 0 Å². The Kier molecular flexibility index (Phi) is 6.40. The zero-order valence-corrected chi connectivity index (χ0v) is 17.7. The van der Waals surface area contributed by atoms with E-state index in [1.807, 2.05) is 0 Å². The van der Waals surface area contributed by atoms with Gasteiger partial charge in [0, 0.05) is 12.6 Å². The fourth-order valence-corrected chi connectivity index (χ4v) is 6.14. The largest absolute Gasteiger partial charge is 0.338 e. The number of likely N-dealkylation sites (tertiary alicyclic amines) is 1. The van der Waals surface area contributed by atoms with E-state index in [4.69, 9.17) is 0 Å². The molecule has 0 aliphatic carbocycles. The third-order valence-corrected chi connectivity index (χ3v) is 8.14. The Bertz CT molecular complexity index is 1080. The summed E-state index contributed by atoms with van der Waals surface area (Å²) in [4.78, 5) is 14.4. The van der Waals surface area contributed by atoms with Gasteiger partial charge in [0.25, 0.3) is 0 Å². The quantitative estimate of drug-likeness (QED) is 0.713. The van der Waals surface area contributed by atoms with Crippen LogP contribution < -0.4 is 4.72 Å². The maximum Gasteiger partial charge on any atom is 0.241 e. The van der Waals surface area contributed by atoms with Gasteiger partial charge in [0.05, 0.1) is 22.1 Å². The zero-order chi connectivity index (χ0) is 21.1. The maximum absolute atomic E-state index is 12.6. The first-order valence-corrected chi connectivity index (χ1v) is 12.5. The summed E-state index contributed by atoms with van der Waals surface area (Å²) in [6.45, 7) is 1.80. The predicted octanol–water partition coefficient (Wildman–Crippen LogP) is 1.74. The third kappa shape index (κ3) is 5.23. The molecule has 2 aromatic carbocycles. The number of sulfonamides is 1. The molecule has 0 saturated carbocycles. The Hall–Kier alpha value is -2.23. The molecule has 7 nitrogen and oxygen atoms in total. The van der Waals surface area contributed by atoms with Gasteiger partial charge >= 0.3 is 0 Å². The molecular formula is C20H24N2O5S2. The van der Waals surface area contributed by atoms with Crippen molar-refractivity contribution in [2.24, 2.45) is 0 Å². The van der Waals surface area contributed by atoms with Crippen LogP contribution in [-0.2, 0) is 24.7 Å². The van der Waals surface area contributed by atoms with Gasteiger partial charge in [-0.1, -0.05) is 30.3 Å². The van der Waals surface area contributed by atoms with Gasteiger partial charge in [-0.25, -0.2) is 21.6 Å². The van der Waals surface area contributed by atoms with Gasteiger partial charge in [-0.3, -0.25) is 4.79 Å². The molecule has 2 aromatic rings. The summed E-state index contributed by atoms with van der Waals surface area (Å²) in [6.07, 6.45) is 1.26. The molecule has 1 heterocycles. The molecule has 156 valence electrons. The summed E-state index contributed by atoms with van der Waals surface area (Å²) < 4.78 is 52.5. The van der Waals surface area contributed by atoms with Crippen molar-refractivity contribution >= 4 is 25.8 Å². The highest BCUT2D eigenvalue weighted by Crippen LogP contribution is 2.22. The van der Waals surface area contributed by atoms with Crippen LogP contribution in [0.5, 0.6) is 0 Å². The molecule has 3 rings (SSSR count). The Labute approximate surface area is 171 Å². The molecule has 1 amide bonds. The normalized spacial score (nSPS) is 17.4. The molecule has 9 heteroatoms. The van der Waals surface area contributed by atoms with Crippen LogP contribution in [-0.4, -0.2) is 52.5 Å².